The number of carbonyl (C=O) groups is 1. The van der Waals surface area contributed by atoms with Gasteiger partial charge in [0.25, 0.3) is 0 Å². The second kappa shape index (κ2) is 15.5. The molecule has 0 atom stereocenters. The summed E-state index contributed by atoms with van der Waals surface area (Å²) in [6.45, 7) is 4.02. The molecule has 0 bridgehead atoms. The third-order valence-electron chi connectivity index (χ3n) is 9.14. The zero-order valence-corrected chi connectivity index (χ0v) is 25.0. The largest absolute Gasteiger partial charge is 0.355 e. The van der Waals surface area contributed by atoms with Crippen molar-refractivity contribution in [3.63, 3.8) is 0 Å². The van der Waals surface area contributed by atoms with E-state index in [-0.39, 0.29) is 11.3 Å². The van der Waals surface area contributed by atoms with Crippen LogP contribution in [0.3, 0.4) is 0 Å². The van der Waals surface area contributed by atoms with Gasteiger partial charge in [0, 0.05) is 18.4 Å². The summed E-state index contributed by atoms with van der Waals surface area (Å²) in [4.78, 5) is 15.8. The lowest BCUT2D eigenvalue weighted by Crippen LogP contribution is -2.42. The Morgan fingerprint density at radius 1 is 0.690 bits per heavy atom. The van der Waals surface area contributed by atoms with Gasteiger partial charge >= 0.3 is 0 Å². The fourth-order valence-corrected chi connectivity index (χ4v) is 6.68. The summed E-state index contributed by atoms with van der Waals surface area (Å²) in [5.74, 6) is 0.834. The number of amides is 1. The van der Waals surface area contributed by atoms with Gasteiger partial charge in [-0.15, -0.1) is 0 Å². The Hall–Kier alpha value is -3.69. The third-order valence-corrected chi connectivity index (χ3v) is 9.14. The van der Waals surface area contributed by atoms with Crippen molar-refractivity contribution in [2.45, 2.75) is 62.7 Å². The van der Waals surface area contributed by atoms with Crippen LogP contribution >= 0.6 is 0 Å². The Balaban J connectivity index is 1.21. The number of hydrogen-bond acceptors (Lipinski definition) is 2. The van der Waals surface area contributed by atoms with Gasteiger partial charge in [-0.2, -0.15) is 0 Å². The first-order valence-electron chi connectivity index (χ1n) is 15.9. The lowest BCUT2D eigenvalue weighted by Gasteiger charge is -2.37. The Kier molecular flexibility index (Phi) is 11.0. The van der Waals surface area contributed by atoms with E-state index in [2.05, 4.69) is 132 Å². The molecule has 4 aromatic carbocycles. The number of piperidine rings is 1. The van der Waals surface area contributed by atoms with Crippen LogP contribution in [0.2, 0.25) is 0 Å². The first-order chi connectivity index (χ1) is 20.7. The Bertz CT molecular complexity index is 1280. The molecule has 1 aliphatic heterocycles. The van der Waals surface area contributed by atoms with Crippen molar-refractivity contribution in [1.29, 1.82) is 0 Å². The number of carbonyl (C=O) groups excluding carboxylic acids is 1. The van der Waals surface area contributed by atoms with Crippen LogP contribution in [-0.4, -0.2) is 37.0 Å². The Morgan fingerprint density at radius 2 is 1.24 bits per heavy atom. The zero-order valence-electron chi connectivity index (χ0n) is 25.0. The van der Waals surface area contributed by atoms with Crippen LogP contribution in [0.4, 0.5) is 0 Å². The van der Waals surface area contributed by atoms with Crippen LogP contribution in [-0.2, 0) is 16.6 Å². The van der Waals surface area contributed by atoms with Crippen molar-refractivity contribution in [3.05, 3.63) is 144 Å². The molecule has 1 saturated heterocycles. The Morgan fingerprint density at radius 3 is 1.83 bits per heavy atom. The molecule has 3 heteroatoms. The molecule has 1 heterocycles. The Labute approximate surface area is 253 Å². The molecule has 0 aliphatic carbocycles. The third kappa shape index (κ3) is 8.20. The van der Waals surface area contributed by atoms with E-state index in [4.69, 9.17) is 0 Å². The molecule has 4 aromatic rings. The molecule has 0 unspecified atom stereocenters. The molecule has 218 valence electrons. The topological polar surface area (TPSA) is 32.3 Å². The predicted molar refractivity (Wildman–Crippen MR) is 175 cm³/mol. The number of likely N-dealkylation sites (tertiary alicyclic amines) is 1. The minimum Gasteiger partial charge on any atom is -0.355 e. The maximum atomic E-state index is 13.1. The van der Waals surface area contributed by atoms with Crippen molar-refractivity contribution < 1.29 is 4.79 Å². The highest BCUT2D eigenvalue weighted by Gasteiger charge is 2.34. The molecule has 1 amide bonds. The summed E-state index contributed by atoms with van der Waals surface area (Å²) in [6, 6.07) is 43.2. The molecule has 1 fully saturated rings. The van der Waals surface area contributed by atoms with Crippen molar-refractivity contribution >= 4 is 5.91 Å². The highest BCUT2D eigenvalue weighted by atomic mass is 16.1. The molecule has 1 aliphatic rings. The van der Waals surface area contributed by atoms with Gasteiger partial charge in [0.1, 0.15) is 0 Å². The minimum absolute atomic E-state index is 0.155. The smallest absolute Gasteiger partial charge is 0.220 e. The van der Waals surface area contributed by atoms with E-state index in [1.807, 2.05) is 0 Å². The molecule has 42 heavy (non-hydrogen) atoms. The van der Waals surface area contributed by atoms with Gasteiger partial charge in [0.15, 0.2) is 0 Å². The summed E-state index contributed by atoms with van der Waals surface area (Å²) in [7, 11) is 0. The second-order valence-electron chi connectivity index (χ2n) is 11.9. The van der Waals surface area contributed by atoms with E-state index in [1.165, 1.54) is 35.1 Å². The van der Waals surface area contributed by atoms with Crippen molar-refractivity contribution in [2.75, 3.05) is 26.2 Å². The normalized spacial score (nSPS) is 14.5. The van der Waals surface area contributed by atoms with Gasteiger partial charge in [0.05, 0.1) is 0 Å². The molecule has 1 N–H and O–H groups in total. The quantitative estimate of drug-likeness (QED) is 0.158. The number of aryl methyl sites for hydroxylation is 1. The van der Waals surface area contributed by atoms with Crippen molar-refractivity contribution in [1.82, 2.24) is 10.2 Å². The van der Waals surface area contributed by atoms with Crippen LogP contribution in [0, 0.1) is 0 Å². The van der Waals surface area contributed by atoms with Crippen LogP contribution < -0.4 is 5.32 Å². The first kappa shape index (κ1) is 29.8. The average Bonchev–Trinajstić information content (AvgIpc) is 3.07. The predicted octanol–water partition coefficient (Wildman–Crippen LogP) is 8.16. The van der Waals surface area contributed by atoms with E-state index in [9.17, 15) is 4.79 Å². The minimum atomic E-state index is -0.259. The van der Waals surface area contributed by atoms with Crippen LogP contribution in [0.1, 0.15) is 73.1 Å². The summed E-state index contributed by atoms with van der Waals surface area (Å²) >= 11 is 0. The molecule has 0 saturated carbocycles. The summed E-state index contributed by atoms with van der Waals surface area (Å²) in [6.07, 6.45) is 8.07. The summed E-state index contributed by atoms with van der Waals surface area (Å²) < 4.78 is 0. The van der Waals surface area contributed by atoms with E-state index in [1.54, 1.807) is 0 Å². The number of hydrogen-bond donors (Lipinski definition) is 1. The van der Waals surface area contributed by atoms with E-state index < -0.39 is 0 Å². The zero-order chi connectivity index (χ0) is 28.9. The molecule has 0 aromatic heterocycles. The van der Waals surface area contributed by atoms with Crippen LogP contribution in [0.25, 0.3) is 0 Å². The van der Waals surface area contributed by atoms with E-state index in [0.717, 1.165) is 51.7 Å². The molecule has 0 spiro atoms. The average molecular weight is 559 g/mol. The van der Waals surface area contributed by atoms with Gasteiger partial charge in [-0.05, 0) is 92.8 Å². The van der Waals surface area contributed by atoms with Gasteiger partial charge in [0.2, 0.25) is 5.91 Å². The summed E-state index contributed by atoms with van der Waals surface area (Å²) in [5.41, 5.74) is 5.13. The molecular weight excluding hydrogens is 512 g/mol. The van der Waals surface area contributed by atoms with E-state index >= 15 is 0 Å². The number of rotatable bonds is 14. The molecule has 3 nitrogen and oxygen atoms in total. The van der Waals surface area contributed by atoms with E-state index in [0.29, 0.717) is 18.9 Å². The lowest BCUT2D eigenvalue weighted by atomic mass is 9.71. The van der Waals surface area contributed by atoms with Crippen molar-refractivity contribution in [3.8, 4) is 0 Å². The first-order valence-corrected chi connectivity index (χ1v) is 15.9. The fraction of sp³-hybridized carbons (Fsp3) is 0.359. The fourth-order valence-electron chi connectivity index (χ4n) is 6.68. The molecule has 0 radical (unpaired) electrons. The van der Waals surface area contributed by atoms with Crippen LogP contribution in [0.15, 0.2) is 121 Å². The number of nitrogens with one attached hydrogen (secondary N) is 1. The SMILES string of the molecule is O=C(CCCCc1ccccc1)NCC(CCCN1CCC(c2ccccc2)CC1)(c1ccccc1)c1ccccc1. The van der Waals surface area contributed by atoms with Crippen molar-refractivity contribution in [2.24, 2.45) is 0 Å². The number of benzene rings is 4. The number of unbranched alkanes of at least 4 members (excludes halogenated alkanes) is 1. The van der Waals surface area contributed by atoms with Crippen LogP contribution in [0.5, 0.6) is 0 Å². The maximum absolute atomic E-state index is 13.1. The maximum Gasteiger partial charge on any atom is 0.220 e. The monoisotopic (exact) mass is 558 g/mol. The molecular formula is C39H46N2O. The van der Waals surface area contributed by atoms with Gasteiger partial charge in [-0.25, -0.2) is 0 Å². The highest BCUT2D eigenvalue weighted by Crippen LogP contribution is 2.37. The van der Waals surface area contributed by atoms with Gasteiger partial charge in [-0.1, -0.05) is 121 Å². The summed E-state index contributed by atoms with van der Waals surface area (Å²) in [5, 5.41) is 3.38. The highest BCUT2D eigenvalue weighted by molar-refractivity contribution is 5.76. The second-order valence-corrected chi connectivity index (χ2v) is 11.9. The van der Waals surface area contributed by atoms with Gasteiger partial charge in [-0.3, -0.25) is 4.79 Å². The standard InChI is InChI=1S/C39H46N2O/c42-38(25-14-13-18-33-16-5-1-6-17-33)40-32-39(36-21-9-3-10-22-36,37-23-11-4-12-24-37)28-15-29-41-30-26-35(27-31-41)34-19-7-2-8-20-34/h1-12,16-17,19-24,35H,13-15,18,25-32H2,(H,40,42). The lowest BCUT2D eigenvalue weighted by molar-refractivity contribution is -0.121. The number of nitrogens with zero attached hydrogens (tertiary/aromatic N) is 1. The molecule has 5 rings (SSSR count). The van der Waals surface area contributed by atoms with Gasteiger partial charge < -0.3 is 10.2 Å².